The molecule has 0 spiro atoms. The Bertz CT molecular complexity index is 937. The lowest BCUT2D eigenvalue weighted by Crippen LogP contribution is -2.30. The maximum absolute atomic E-state index is 12.3. The lowest BCUT2D eigenvalue weighted by Gasteiger charge is -2.16. The van der Waals surface area contributed by atoms with E-state index in [1.807, 2.05) is 12.1 Å². The molecule has 0 saturated carbocycles. The number of carbonyl (C=O) groups excluding carboxylic acids is 1. The number of hydrogen-bond donors (Lipinski definition) is 2. The van der Waals surface area contributed by atoms with Crippen molar-refractivity contribution in [1.29, 1.82) is 0 Å². The summed E-state index contributed by atoms with van der Waals surface area (Å²) in [4.78, 5) is 12.3. The molecule has 3 rings (SSSR count). The van der Waals surface area contributed by atoms with Gasteiger partial charge in [0.25, 0.3) is 5.91 Å². The predicted molar refractivity (Wildman–Crippen MR) is 105 cm³/mol. The van der Waals surface area contributed by atoms with Crippen molar-refractivity contribution >= 4 is 34.8 Å². The maximum atomic E-state index is 12.3. The molecule has 1 atom stereocenters. The van der Waals surface area contributed by atoms with Crippen LogP contribution in [0.1, 0.15) is 12.7 Å². The number of aliphatic hydroxyl groups is 1. The van der Waals surface area contributed by atoms with Crippen molar-refractivity contribution < 1.29 is 19.1 Å². The quantitative estimate of drug-likeness (QED) is 0.594. The molecule has 2 N–H and O–H groups in total. The molecule has 0 aliphatic rings. The van der Waals surface area contributed by atoms with Crippen LogP contribution in [0.3, 0.4) is 0 Å². The summed E-state index contributed by atoms with van der Waals surface area (Å²) in [5.41, 5.74) is 1.46. The highest BCUT2D eigenvalue weighted by Gasteiger charge is 2.16. The number of aliphatic hydroxyl groups excluding tert-OH is 1. The number of amides is 1. The van der Waals surface area contributed by atoms with Gasteiger partial charge in [-0.05, 0) is 61.5 Å². The van der Waals surface area contributed by atoms with E-state index in [2.05, 4.69) is 5.32 Å². The smallest absolute Gasteiger partial charge is 0.265 e. The molecule has 0 radical (unpaired) electrons. The minimum Gasteiger partial charge on any atom is -0.479 e. The topological polar surface area (TPSA) is 71.7 Å². The van der Waals surface area contributed by atoms with E-state index in [4.69, 9.17) is 37.5 Å². The minimum atomic E-state index is -0.750. The standard InChI is InChI=1S/C20H17Cl2NO4/c1-12(26-19-8-4-14(21)10-17(19)22)20(25)23-15-5-2-13(3-6-15)18-9-7-16(11-24)27-18/h2-10,12,24H,11H2,1H3,(H,23,25)/t12-/m0/s1. The van der Waals surface area contributed by atoms with Crippen LogP contribution < -0.4 is 10.1 Å². The van der Waals surface area contributed by atoms with E-state index in [0.29, 0.717) is 33.0 Å². The highest BCUT2D eigenvalue weighted by molar-refractivity contribution is 6.35. The van der Waals surface area contributed by atoms with Gasteiger partial charge in [-0.1, -0.05) is 23.2 Å². The highest BCUT2D eigenvalue weighted by Crippen LogP contribution is 2.28. The van der Waals surface area contributed by atoms with E-state index in [1.165, 1.54) is 0 Å². The van der Waals surface area contributed by atoms with Crippen molar-refractivity contribution in [2.45, 2.75) is 19.6 Å². The Labute approximate surface area is 166 Å². The van der Waals surface area contributed by atoms with Crippen molar-refractivity contribution in [2.75, 3.05) is 5.32 Å². The van der Waals surface area contributed by atoms with Crippen molar-refractivity contribution in [3.8, 4) is 17.1 Å². The zero-order valence-corrected chi connectivity index (χ0v) is 15.9. The molecule has 0 fully saturated rings. The van der Waals surface area contributed by atoms with Gasteiger partial charge in [0.2, 0.25) is 0 Å². The molecule has 0 saturated heterocycles. The number of rotatable bonds is 6. The molecule has 1 heterocycles. The third-order valence-electron chi connectivity index (χ3n) is 3.82. The Balaban J connectivity index is 1.63. The molecular weight excluding hydrogens is 389 g/mol. The van der Waals surface area contributed by atoms with Gasteiger partial charge in [-0.3, -0.25) is 4.79 Å². The zero-order chi connectivity index (χ0) is 19.4. The average molecular weight is 406 g/mol. The fourth-order valence-electron chi connectivity index (χ4n) is 2.39. The molecule has 0 bridgehead atoms. The third kappa shape index (κ3) is 4.83. The molecule has 0 aliphatic heterocycles. The number of nitrogens with one attached hydrogen (secondary N) is 1. The van der Waals surface area contributed by atoms with Crippen LogP contribution in [0, 0.1) is 0 Å². The SMILES string of the molecule is C[C@H](Oc1ccc(Cl)cc1Cl)C(=O)Nc1ccc(-c2ccc(CO)o2)cc1. The summed E-state index contributed by atoms with van der Waals surface area (Å²) < 4.78 is 11.1. The van der Waals surface area contributed by atoms with Crippen LogP contribution in [0.4, 0.5) is 5.69 Å². The second-order valence-electron chi connectivity index (χ2n) is 5.83. The van der Waals surface area contributed by atoms with Gasteiger partial charge in [0.05, 0.1) is 5.02 Å². The van der Waals surface area contributed by atoms with Gasteiger partial charge in [0.15, 0.2) is 6.10 Å². The summed E-state index contributed by atoms with van der Waals surface area (Å²) in [6.07, 6.45) is -0.750. The molecular formula is C20H17Cl2NO4. The molecule has 5 nitrogen and oxygen atoms in total. The lowest BCUT2D eigenvalue weighted by atomic mass is 10.1. The van der Waals surface area contributed by atoms with Crippen molar-refractivity contribution in [1.82, 2.24) is 0 Å². The van der Waals surface area contributed by atoms with Crippen LogP contribution in [0.2, 0.25) is 10.0 Å². The highest BCUT2D eigenvalue weighted by atomic mass is 35.5. The summed E-state index contributed by atoms with van der Waals surface area (Å²) in [6.45, 7) is 1.48. The molecule has 7 heteroatoms. The fraction of sp³-hybridized carbons (Fsp3) is 0.150. The third-order valence-corrected chi connectivity index (χ3v) is 4.35. The molecule has 1 amide bonds. The zero-order valence-electron chi connectivity index (χ0n) is 14.4. The Morgan fingerprint density at radius 1 is 1.15 bits per heavy atom. The molecule has 27 heavy (non-hydrogen) atoms. The van der Waals surface area contributed by atoms with Gasteiger partial charge in [0.1, 0.15) is 23.9 Å². The molecule has 0 aliphatic carbocycles. The van der Waals surface area contributed by atoms with E-state index in [-0.39, 0.29) is 12.5 Å². The number of ether oxygens (including phenoxy) is 1. The number of halogens is 2. The monoisotopic (exact) mass is 405 g/mol. The summed E-state index contributed by atoms with van der Waals surface area (Å²) in [5, 5.41) is 12.7. The Kier molecular flexibility index (Phi) is 6.06. The molecule has 140 valence electrons. The minimum absolute atomic E-state index is 0.149. The van der Waals surface area contributed by atoms with Crippen molar-refractivity contribution in [3.63, 3.8) is 0 Å². The molecule has 2 aromatic carbocycles. The second kappa shape index (κ2) is 8.48. The first kappa shape index (κ1) is 19.3. The largest absolute Gasteiger partial charge is 0.479 e. The van der Waals surface area contributed by atoms with E-state index in [9.17, 15) is 4.79 Å². The Morgan fingerprint density at radius 2 is 1.89 bits per heavy atom. The van der Waals surface area contributed by atoms with E-state index in [1.54, 1.807) is 49.4 Å². The lowest BCUT2D eigenvalue weighted by molar-refractivity contribution is -0.122. The number of hydrogen-bond acceptors (Lipinski definition) is 4. The first-order chi connectivity index (χ1) is 13.0. The number of furan rings is 1. The van der Waals surface area contributed by atoms with Crippen LogP contribution >= 0.6 is 23.2 Å². The van der Waals surface area contributed by atoms with Crippen molar-refractivity contribution in [3.05, 3.63) is 70.4 Å². The van der Waals surface area contributed by atoms with Crippen LogP contribution in [-0.4, -0.2) is 17.1 Å². The van der Waals surface area contributed by atoms with Gasteiger partial charge in [-0.2, -0.15) is 0 Å². The average Bonchev–Trinajstić information content (AvgIpc) is 3.13. The second-order valence-corrected chi connectivity index (χ2v) is 6.67. The van der Waals surface area contributed by atoms with Crippen LogP contribution in [0.25, 0.3) is 11.3 Å². The summed E-state index contributed by atoms with van der Waals surface area (Å²) in [5.74, 6) is 1.21. The van der Waals surface area contributed by atoms with Gasteiger partial charge < -0.3 is 19.6 Å². The predicted octanol–water partition coefficient (Wildman–Crippen LogP) is 5.15. The van der Waals surface area contributed by atoms with Crippen molar-refractivity contribution in [2.24, 2.45) is 0 Å². The maximum Gasteiger partial charge on any atom is 0.265 e. The van der Waals surface area contributed by atoms with Gasteiger partial charge in [-0.15, -0.1) is 0 Å². The summed E-state index contributed by atoms with van der Waals surface area (Å²) >= 11 is 11.9. The van der Waals surface area contributed by atoms with Crippen LogP contribution in [-0.2, 0) is 11.4 Å². The number of anilines is 1. The fourth-order valence-corrected chi connectivity index (χ4v) is 2.85. The molecule has 0 unspecified atom stereocenters. The number of carbonyl (C=O) groups is 1. The van der Waals surface area contributed by atoms with Crippen LogP contribution in [0.15, 0.2) is 59.0 Å². The van der Waals surface area contributed by atoms with E-state index >= 15 is 0 Å². The first-order valence-corrected chi connectivity index (χ1v) is 8.94. The van der Waals surface area contributed by atoms with Gasteiger partial charge >= 0.3 is 0 Å². The van der Waals surface area contributed by atoms with Crippen LogP contribution in [0.5, 0.6) is 5.75 Å². The van der Waals surface area contributed by atoms with Gasteiger partial charge in [0, 0.05) is 16.3 Å². The Morgan fingerprint density at radius 3 is 2.52 bits per heavy atom. The van der Waals surface area contributed by atoms with E-state index in [0.717, 1.165) is 5.56 Å². The normalized spacial score (nSPS) is 11.9. The van der Waals surface area contributed by atoms with Gasteiger partial charge in [-0.25, -0.2) is 0 Å². The molecule has 1 aromatic heterocycles. The first-order valence-electron chi connectivity index (χ1n) is 8.19. The number of benzene rings is 2. The summed E-state index contributed by atoms with van der Waals surface area (Å²) in [6, 6.07) is 15.5. The summed E-state index contributed by atoms with van der Waals surface area (Å²) in [7, 11) is 0. The Hall–Kier alpha value is -2.47. The molecule has 3 aromatic rings. The van der Waals surface area contributed by atoms with E-state index < -0.39 is 6.10 Å².